The smallest absolute Gasteiger partial charge is 0.314 e. The summed E-state index contributed by atoms with van der Waals surface area (Å²) < 4.78 is 0. The van der Waals surface area contributed by atoms with Gasteiger partial charge in [0, 0.05) is 19.5 Å². The molecule has 0 rings (SSSR count). The first-order valence-corrected chi connectivity index (χ1v) is 3.30. The first-order valence-electron chi connectivity index (χ1n) is 3.30. The first-order chi connectivity index (χ1) is 4.95. The number of nitrogens with two attached hydrogens (primary N) is 2. The Morgan fingerprint density at radius 3 is 2.36 bits per heavy atom. The normalized spacial score (nSPS) is 12.2. The molecule has 5 N–H and O–H groups in total. The Labute approximate surface area is 65.9 Å². The third-order valence-corrected chi connectivity index (χ3v) is 1.52. The van der Waals surface area contributed by atoms with Crippen LogP contribution in [0.5, 0.6) is 0 Å². The molecule has 0 saturated carbocycles. The molecular weight excluding hydrogens is 144 g/mol. The van der Waals surface area contributed by atoms with Crippen LogP contribution in [0.2, 0.25) is 0 Å². The quantitative estimate of drug-likeness (QED) is 0.388. The molecule has 0 saturated heterocycles. The van der Waals surface area contributed by atoms with Crippen molar-refractivity contribution in [2.45, 2.75) is 19.4 Å². The topological polar surface area (TPSA) is 96.2 Å². The van der Waals surface area contributed by atoms with Crippen LogP contribution in [0.3, 0.4) is 0 Å². The summed E-state index contributed by atoms with van der Waals surface area (Å²) in [4.78, 5) is 11.9. The lowest BCUT2D eigenvalue weighted by molar-refractivity contribution is 0.205. The monoisotopic (exact) mass is 158 g/mol. The zero-order chi connectivity index (χ0) is 9.02. The fourth-order valence-corrected chi connectivity index (χ4v) is 0.672. The molecule has 0 aliphatic rings. The number of nitrogens with one attached hydrogen (secondary N) is 1. The highest BCUT2D eigenvalue weighted by Crippen LogP contribution is 1.98. The number of nitrogens with zero attached hydrogens (tertiary/aromatic N) is 1. The first kappa shape index (κ1) is 9.74. The van der Waals surface area contributed by atoms with Crippen LogP contribution >= 0.6 is 0 Å². The van der Waals surface area contributed by atoms with Crippen molar-refractivity contribution in [2.75, 3.05) is 7.05 Å². The van der Waals surface area contributed by atoms with Crippen LogP contribution < -0.4 is 11.5 Å². The highest BCUT2D eigenvalue weighted by Gasteiger charge is 2.12. The summed E-state index contributed by atoms with van der Waals surface area (Å²) in [5.74, 6) is 0.0607. The van der Waals surface area contributed by atoms with E-state index in [-0.39, 0.29) is 11.9 Å². The van der Waals surface area contributed by atoms with Crippen molar-refractivity contribution >= 4 is 11.9 Å². The fourth-order valence-electron chi connectivity index (χ4n) is 0.672. The molecule has 1 atom stereocenters. The van der Waals surface area contributed by atoms with E-state index < -0.39 is 6.03 Å². The van der Waals surface area contributed by atoms with Gasteiger partial charge < -0.3 is 16.4 Å². The van der Waals surface area contributed by atoms with E-state index in [4.69, 9.17) is 16.9 Å². The van der Waals surface area contributed by atoms with Gasteiger partial charge >= 0.3 is 6.03 Å². The number of carbonyl (C=O) groups excluding carboxylic acids is 1. The number of amides is 2. The van der Waals surface area contributed by atoms with Gasteiger partial charge in [0.05, 0.1) is 5.84 Å². The number of hydrogen-bond donors (Lipinski definition) is 3. The van der Waals surface area contributed by atoms with E-state index in [9.17, 15) is 4.79 Å². The van der Waals surface area contributed by atoms with Crippen LogP contribution in [-0.2, 0) is 0 Å². The second-order valence-electron chi connectivity index (χ2n) is 2.53. The van der Waals surface area contributed by atoms with Gasteiger partial charge in [-0.25, -0.2) is 4.79 Å². The van der Waals surface area contributed by atoms with Crippen LogP contribution in [0.4, 0.5) is 4.79 Å². The van der Waals surface area contributed by atoms with Crippen molar-refractivity contribution < 1.29 is 4.79 Å². The number of rotatable bonds is 3. The van der Waals surface area contributed by atoms with Crippen LogP contribution in [0.25, 0.3) is 0 Å². The molecular formula is C6H14N4O. The Hall–Kier alpha value is -1.26. The van der Waals surface area contributed by atoms with Crippen molar-refractivity contribution in [3.05, 3.63) is 0 Å². The van der Waals surface area contributed by atoms with Crippen LogP contribution in [0.15, 0.2) is 0 Å². The largest absolute Gasteiger partial charge is 0.388 e. The molecule has 11 heavy (non-hydrogen) atoms. The Bertz CT molecular complexity index is 168. The van der Waals surface area contributed by atoms with E-state index in [1.54, 1.807) is 14.0 Å². The van der Waals surface area contributed by atoms with E-state index >= 15 is 0 Å². The van der Waals surface area contributed by atoms with Gasteiger partial charge in [-0.05, 0) is 6.92 Å². The highest BCUT2D eigenvalue weighted by atomic mass is 16.2. The Balaban J connectivity index is 3.92. The summed E-state index contributed by atoms with van der Waals surface area (Å²) in [6.07, 6.45) is 0.361. The molecule has 2 amide bonds. The summed E-state index contributed by atoms with van der Waals surface area (Å²) in [5, 5.41) is 6.96. The molecule has 0 aromatic rings. The molecule has 0 bridgehead atoms. The summed E-state index contributed by atoms with van der Waals surface area (Å²) in [6, 6.07) is -0.608. The van der Waals surface area contributed by atoms with Gasteiger partial charge in [-0.2, -0.15) is 0 Å². The molecule has 0 aromatic heterocycles. The lowest BCUT2D eigenvalue weighted by atomic mass is 10.2. The van der Waals surface area contributed by atoms with Gasteiger partial charge in [-0.15, -0.1) is 0 Å². The average molecular weight is 158 g/mol. The number of amidine groups is 1. The van der Waals surface area contributed by atoms with Crippen molar-refractivity contribution in [1.82, 2.24) is 4.90 Å². The third-order valence-electron chi connectivity index (χ3n) is 1.52. The number of primary amides is 1. The van der Waals surface area contributed by atoms with E-state index in [1.165, 1.54) is 4.90 Å². The lowest BCUT2D eigenvalue weighted by Crippen LogP contribution is -2.40. The Kier molecular flexibility index (Phi) is 3.36. The second kappa shape index (κ2) is 3.80. The van der Waals surface area contributed by atoms with Crippen LogP contribution in [-0.4, -0.2) is 29.9 Å². The van der Waals surface area contributed by atoms with Gasteiger partial charge in [0.2, 0.25) is 0 Å². The Morgan fingerprint density at radius 2 is 2.09 bits per heavy atom. The molecule has 0 fully saturated rings. The van der Waals surface area contributed by atoms with Gasteiger partial charge in [0.1, 0.15) is 0 Å². The van der Waals surface area contributed by atoms with Gasteiger partial charge in [0.25, 0.3) is 0 Å². The van der Waals surface area contributed by atoms with Gasteiger partial charge in [0.15, 0.2) is 0 Å². The molecule has 0 heterocycles. The highest BCUT2D eigenvalue weighted by molar-refractivity contribution is 5.78. The van der Waals surface area contributed by atoms with Crippen molar-refractivity contribution in [3.63, 3.8) is 0 Å². The molecule has 1 unspecified atom stereocenters. The van der Waals surface area contributed by atoms with Crippen LogP contribution in [0, 0.1) is 5.41 Å². The van der Waals surface area contributed by atoms with Gasteiger partial charge in [-0.3, -0.25) is 5.41 Å². The molecule has 64 valence electrons. The molecule has 0 aliphatic heterocycles. The summed E-state index contributed by atoms with van der Waals surface area (Å²) in [5.41, 5.74) is 10.1. The molecule has 5 heteroatoms. The van der Waals surface area contributed by atoms with Crippen molar-refractivity contribution in [2.24, 2.45) is 11.5 Å². The minimum absolute atomic E-state index is 0.0607. The summed E-state index contributed by atoms with van der Waals surface area (Å²) in [7, 11) is 1.58. The fraction of sp³-hybridized carbons (Fsp3) is 0.667. The molecule has 0 aromatic carbocycles. The molecule has 0 spiro atoms. The average Bonchev–Trinajstić information content (AvgIpc) is 1.84. The zero-order valence-electron chi connectivity index (χ0n) is 6.79. The minimum atomic E-state index is -0.501. The van der Waals surface area contributed by atoms with Crippen molar-refractivity contribution in [3.8, 4) is 0 Å². The van der Waals surface area contributed by atoms with Crippen molar-refractivity contribution in [1.29, 1.82) is 5.41 Å². The molecule has 0 aliphatic carbocycles. The SMILES string of the molecule is CC(CC(=N)N)N(C)C(N)=O. The standard InChI is InChI=1S/C6H14N4O/c1-4(3-5(7)8)10(2)6(9)11/h4H,3H2,1-2H3,(H3,7,8)(H2,9,11). The molecule has 0 radical (unpaired) electrons. The number of urea groups is 1. The molecule has 5 nitrogen and oxygen atoms in total. The predicted molar refractivity (Wildman–Crippen MR) is 43.3 cm³/mol. The number of hydrogen-bond acceptors (Lipinski definition) is 2. The maximum Gasteiger partial charge on any atom is 0.314 e. The maximum absolute atomic E-state index is 10.6. The summed E-state index contributed by atoms with van der Waals surface area (Å²) >= 11 is 0. The van der Waals surface area contributed by atoms with Gasteiger partial charge in [-0.1, -0.05) is 0 Å². The number of carbonyl (C=O) groups is 1. The Morgan fingerprint density at radius 1 is 1.64 bits per heavy atom. The third kappa shape index (κ3) is 3.44. The predicted octanol–water partition coefficient (Wildman–Crippen LogP) is -0.289. The van der Waals surface area contributed by atoms with E-state index in [1.807, 2.05) is 0 Å². The second-order valence-corrected chi connectivity index (χ2v) is 2.53. The lowest BCUT2D eigenvalue weighted by Gasteiger charge is -2.21. The maximum atomic E-state index is 10.6. The van der Waals surface area contributed by atoms with E-state index in [0.717, 1.165) is 0 Å². The van der Waals surface area contributed by atoms with Crippen LogP contribution in [0.1, 0.15) is 13.3 Å². The zero-order valence-corrected chi connectivity index (χ0v) is 6.79. The summed E-state index contributed by atoms with van der Waals surface area (Å²) in [6.45, 7) is 1.78. The van der Waals surface area contributed by atoms with E-state index in [2.05, 4.69) is 0 Å². The minimum Gasteiger partial charge on any atom is -0.388 e. The van der Waals surface area contributed by atoms with E-state index in [0.29, 0.717) is 6.42 Å².